The zero-order valence-electron chi connectivity index (χ0n) is 9.28. The molecule has 0 radical (unpaired) electrons. The second kappa shape index (κ2) is 5.99. The van der Waals surface area contributed by atoms with Crippen molar-refractivity contribution in [1.82, 2.24) is 0 Å². The number of hydrogen-bond donors (Lipinski definition) is 2. The normalized spacial score (nSPS) is 10.1. The average molecular weight is 433 g/mol. The molecule has 0 aromatic heterocycles. The van der Waals surface area contributed by atoms with Crippen LogP contribution in [0.3, 0.4) is 0 Å². The molecule has 18 heavy (non-hydrogen) atoms. The number of thiocarbonyl (C=S) groups is 1. The van der Waals surface area contributed by atoms with Gasteiger partial charge in [-0.25, -0.2) is 0 Å². The van der Waals surface area contributed by atoms with Crippen molar-refractivity contribution in [2.75, 3.05) is 5.32 Å². The quantitative estimate of drug-likeness (QED) is 0.556. The first kappa shape index (κ1) is 13.8. The minimum absolute atomic E-state index is 0.391. The molecule has 2 rings (SSSR count). The predicted octanol–water partition coefficient (Wildman–Crippen LogP) is 4.43. The van der Waals surface area contributed by atoms with Gasteiger partial charge in [-0.2, -0.15) is 0 Å². The van der Waals surface area contributed by atoms with Crippen molar-refractivity contribution in [1.29, 1.82) is 0 Å². The van der Waals surface area contributed by atoms with Crippen LogP contribution >= 0.6 is 50.7 Å². The summed E-state index contributed by atoms with van der Waals surface area (Å²) < 4.78 is 2.11. The van der Waals surface area contributed by atoms with Gasteiger partial charge in [0.25, 0.3) is 0 Å². The highest BCUT2D eigenvalue weighted by Crippen LogP contribution is 2.24. The van der Waals surface area contributed by atoms with Crippen LogP contribution < -0.4 is 11.1 Å². The summed E-state index contributed by atoms with van der Waals surface area (Å²) in [6.07, 6.45) is 0. The van der Waals surface area contributed by atoms with Crippen molar-refractivity contribution < 1.29 is 0 Å². The number of benzene rings is 2. The standard InChI is InChI=1S/C13H10BrIN2S/c14-12-7-10(5-6-11(12)13(16)18)17-9-3-1-8(15)2-4-9/h1-7,17H,(H2,16,18). The van der Waals surface area contributed by atoms with E-state index in [2.05, 4.69) is 56.0 Å². The van der Waals surface area contributed by atoms with Crippen LogP contribution in [0.2, 0.25) is 0 Å². The maximum atomic E-state index is 5.61. The summed E-state index contributed by atoms with van der Waals surface area (Å²) in [5, 5.41) is 3.32. The van der Waals surface area contributed by atoms with E-state index in [0.29, 0.717) is 4.99 Å². The van der Waals surface area contributed by atoms with Crippen LogP contribution in [-0.2, 0) is 0 Å². The van der Waals surface area contributed by atoms with Gasteiger partial charge in [0.15, 0.2) is 0 Å². The highest BCUT2D eigenvalue weighted by molar-refractivity contribution is 14.1. The fourth-order valence-electron chi connectivity index (χ4n) is 1.49. The molecule has 3 N–H and O–H groups in total. The minimum Gasteiger partial charge on any atom is -0.389 e. The van der Waals surface area contributed by atoms with E-state index in [-0.39, 0.29) is 0 Å². The molecule has 92 valence electrons. The predicted molar refractivity (Wildman–Crippen MR) is 92.5 cm³/mol. The molecule has 5 heteroatoms. The van der Waals surface area contributed by atoms with Crippen LogP contribution in [0.15, 0.2) is 46.9 Å². The van der Waals surface area contributed by atoms with Crippen molar-refractivity contribution in [3.05, 3.63) is 56.1 Å². The summed E-state index contributed by atoms with van der Waals surface area (Å²) >= 11 is 10.7. The fourth-order valence-corrected chi connectivity index (χ4v) is 2.75. The Hall–Kier alpha value is -0.660. The van der Waals surface area contributed by atoms with Crippen LogP contribution in [0.4, 0.5) is 11.4 Å². The molecule has 0 heterocycles. The Bertz CT molecular complexity index is 584. The third-order valence-electron chi connectivity index (χ3n) is 2.37. The number of nitrogens with two attached hydrogens (primary N) is 1. The Morgan fingerprint density at radius 3 is 2.28 bits per heavy atom. The molecular formula is C13H10BrIN2S. The maximum absolute atomic E-state index is 5.61. The summed E-state index contributed by atoms with van der Waals surface area (Å²) in [6, 6.07) is 14.0. The van der Waals surface area contributed by atoms with Crippen LogP contribution in [0.1, 0.15) is 5.56 Å². The lowest BCUT2D eigenvalue weighted by molar-refractivity contribution is 1.50. The van der Waals surface area contributed by atoms with Gasteiger partial charge in [0, 0.05) is 25.0 Å². The highest BCUT2D eigenvalue weighted by atomic mass is 127. The van der Waals surface area contributed by atoms with Gasteiger partial charge in [-0.15, -0.1) is 0 Å². The first-order valence-electron chi connectivity index (χ1n) is 5.18. The first-order valence-corrected chi connectivity index (χ1v) is 7.46. The topological polar surface area (TPSA) is 38.0 Å². The van der Waals surface area contributed by atoms with E-state index in [1.165, 1.54) is 3.57 Å². The van der Waals surface area contributed by atoms with E-state index >= 15 is 0 Å². The third-order valence-corrected chi connectivity index (χ3v) is 3.96. The molecule has 0 amide bonds. The smallest absolute Gasteiger partial charge is 0.105 e. The maximum Gasteiger partial charge on any atom is 0.105 e. The lowest BCUT2D eigenvalue weighted by Crippen LogP contribution is -2.10. The van der Waals surface area contributed by atoms with Crippen LogP contribution in [-0.4, -0.2) is 4.99 Å². The zero-order valence-corrected chi connectivity index (χ0v) is 13.8. The van der Waals surface area contributed by atoms with Crippen molar-refractivity contribution in [2.24, 2.45) is 5.73 Å². The van der Waals surface area contributed by atoms with Crippen molar-refractivity contribution in [2.45, 2.75) is 0 Å². The molecule has 0 saturated carbocycles. The number of hydrogen-bond acceptors (Lipinski definition) is 2. The molecule has 2 aromatic rings. The summed E-state index contributed by atoms with van der Waals surface area (Å²) in [5.74, 6) is 0. The van der Waals surface area contributed by atoms with E-state index in [1.807, 2.05) is 30.3 Å². The summed E-state index contributed by atoms with van der Waals surface area (Å²) in [5.41, 5.74) is 8.50. The fraction of sp³-hybridized carbons (Fsp3) is 0. The monoisotopic (exact) mass is 432 g/mol. The number of rotatable bonds is 3. The second-order valence-electron chi connectivity index (χ2n) is 3.69. The van der Waals surface area contributed by atoms with E-state index in [9.17, 15) is 0 Å². The Labute approximate surface area is 133 Å². The van der Waals surface area contributed by atoms with Gasteiger partial charge in [-0.1, -0.05) is 12.2 Å². The number of nitrogens with one attached hydrogen (secondary N) is 1. The van der Waals surface area contributed by atoms with Crippen molar-refractivity contribution in [3.8, 4) is 0 Å². The molecule has 0 spiro atoms. The zero-order chi connectivity index (χ0) is 13.1. The average Bonchev–Trinajstić information content (AvgIpc) is 2.32. The SMILES string of the molecule is NC(=S)c1ccc(Nc2ccc(I)cc2)cc1Br. The largest absolute Gasteiger partial charge is 0.389 e. The lowest BCUT2D eigenvalue weighted by Gasteiger charge is -2.09. The van der Waals surface area contributed by atoms with Gasteiger partial charge >= 0.3 is 0 Å². The van der Waals surface area contributed by atoms with Crippen LogP contribution in [0.5, 0.6) is 0 Å². The number of halogens is 2. The third kappa shape index (κ3) is 3.43. The highest BCUT2D eigenvalue weighted by Gasteiger charge is 2.04. The molecule has 0 fully saturated rings. The van der Waals surface area contributed by atoms with Gasteiger partial charge in [-0.05, 0) is 81.0 Å². The van der Waals surface area contributed by atoms with E-state index in [4.69, 9.17) is 18.0 Å². The van der Waals surface area contributed by atoms with Gasteiger partial charge in [-0.3, -0.25) is 0 Å². The first-order chi connectivity index (χ1) is 8.56. The van der Waals surface area contributed by atoms with Gasteiger partial charge in [0.1, 0.15) is 4.99 Å². The summed E-state index contributed by atoms with van der Waals surface area (Å²) in [6.45, 7) is 0. The van der Waals surface area contributed by atoms with E-state index < -0.39 is 0 Å². The summed E-state index contributed by atoms with van der Waals surface area (Å²) in [4.78, 5) is 0.391. The van der Waals surface area contributed by atoms with E-state index in [1.54, 1.807) is 0 Å². The van der Waals surface area contributed by atoms with Crippen molar-refractivity contribution >= 4 is 67.1 Å². The van der Waals surface area contributed by atoms with Gasteiger partial charge in [0.2, 0.25) is 0 Å². The van der Waals surface area contributed by atoms with Gasteiger partial charge in [0.05, 0.1) is 0 Å². The Balaban J connectivity index is 2.22. The molecular weight excluding hydrogens is 423 g/mol. The molecule has 0 bridgehead atoms. The van der Waals surface area contributed by atoms with Crippen LogP contribution in [0, 0.1) is 3.57 Å². The molecule has 0 saturated heterocycles. The molecule has 0 aliphatic rings. The second-order valence-corrected chi connectivity index (χ2v) is 6.23. The Morgan fingerprint density at radius 1 is 1.11 bits per heavy atom. The van der Waals surface area contributed by atoms with E-state index in [0.717, 1.165) is 21.4 Å². The Morgan fingerprint density at radius 2 is 1.72 bits per heavy atom. The molecule has 0 atom stereocenters. The molecule has 0 aliphatic heterocycles. The number of anilines is 2. The van der Waals surface area contributed by atoms with Gasteiger partial charge < -0.3 is 11.1 Å². The molecule has 0 aliphatic carbocycles. The molecule has 2 nitrogen and oxygen atoms in total. The minimum atomic E-state index is 0.391. The molecule has 0 unspecified atom stereocenters. The van der Waals surface area contributed by atoms with Crippen molar-refractivity contribution in [3.63, 3.8) is 0 Å². The van der Waals surface area contributed by atoms with Crippen LogP contribution in [0.25, 0.3) is 0 Å². The summed E-state index contributed by atoms with van der Waals surface area (Å²) in [7, 11) is 0. The molecule has 2 aromatic carbocycles. The Kier molecular flexibility index (Phi) is 4.58. The lowest BCUT2D eigenvalue weighted by atomic mass is 10.2.